The molecule has 0 amide bonds. The van der Waals surface area contributed by atoms with Crippen LogP contribution in [0.2, 0.25) is 0 Å². The Labute approximate surface area is 226 Å². The molecular weight excluding hydrogens is 502 g/mol. The number of esters is 1. The summed E-state index contributed by atoms with van der Waals surface area (Å²) in [6, 6.07) is 14.3. The number of hydrogen-bond acceptors (Lipinski definition) is 8. The van der Waals surface area contributed by atoms with Crippen LogP contribution < -0.4 is 26.5 Å². The van der Waals surface area contributed by atoms with Gasteiger partial charge in [0, 0.05) is 13.1 Å². The molecular formula is C29H33N3O7. The van der Waals surface area contributed by atoms with Crippen molar-refractivity contribution in [2.24, 2.45) is 7.05 Å². The maximum atomic E-state index is 12.9. The van der Waals surface area contributed by atoms with Crippen LogP contribution in [-0.2, 0) is 23.1 Å². The minimum Gasteiger partial charge on any atom is -0.490 e. The lowest BCUT2D eigenvalue weighted by Crippen LogP contribution is -2.43. The summed E-state index contributed by atoms with van der Waals surface area (Å²) in [7, 11) is 1.26. The zero-order valence-electron chi connectivity index (χ0n) is 22.3. The molecule has 0 radical (unpaired) electrons. The van der Waals surface area contributed by atoms with Crippen LogP contribution in [0.3, 0.4) is 0 Å². The molecule has 2 aromatic carbocycles. The first-order valence-corrected chi connectivity index (χ1v) is 12.7. The highest BCUT2D eigenvalue weighted by atomic mass is 16.5. The van der Waals surface area contributed by atoms with Crippen LogP contribution in [-0.4, -0.2) is 40.7 Å². The fraction of sp³-hybridized carbons (Fsp3) is 0.310. The van der Waals surface area contributed by atoms with Crippen LogP contribution in [0.1, 0.15) is 48.2 Å². The molecule has 3 aromatic rings. The second kappa shape index (κ2) is 13.8. The minimum atomic E-state index is -0.858. The van der Waals surface area contributed by atoms with Gasteiger partial charge in [0.2, 0.25) is 5.78 Å². The van der Waals surface area contributed by atoms with E-state index in [0.29, 0.717) is 30.3 Å². The van der Waals surface area contributed by atoms with E-state index in [0.717, 1.165) is 33.6 Å². The number of anilines is 1. The third-order valence-electron chi connectivity index (χ3n) is 5.83. The van der Waals surface area contributed by atoms with E-state index in [2.05, 4.69) is 6.92 Å². The van der Waals surface area contributed by atoms with Gasteiger partial charge in [-0.15, -0.1) is 0 Å². The summed E-state index contributed by atoms with van der Waals surface area (Å²) < 4.78 is 18.4. The van der Waals surface area contributed by atoms with Crippen LogP contribution in [0, 0.1) is 0 Å². The first kappa shape index (κ1) is 29.0. The predicted molar refractivity (Wildman–Crippen MR) is 148 cm³/mol. The molecule has 1 aromatic heterocycles. The predicted octanol–water partition coefficient (Wildman–Crippen LogP) is 3.19. The smallest absolute Gasteiger partial charge is 0.332 e. The van der Waals surface area contributed by atoms with Crippen molar-refractivity contribution in [1.29, 1.82) is 0 Å². The summed E-state index contributed by atoms with van der Waals surface area (Å²) in [6.45, 7) is 4.30. The first-order valence-electron chi connectivity index (χ1n) is 12.7. The SMILES string of the molecule is CCCCOc1ccc(/C=C/C(=O)OCC(=O)c2c(N)n(Cc3ccccc3)c(=O)n(C)c2=O)cc1OCC. The Morgan fingerprint density at radius 1 is 1.00 bits per heavy atom. The quantitative estimate of drug-likeness (QED) is 0.153. The first-order chi connectivity index (χ1) is 18.8. The Morgan fingerprint density at radius 3 is 2.44 bits per heavy atom. The van der Waals surface area contributed by atoms with E-state index in [9.17, 15) is 19.2 Å². The Kier molecular flexibility index (Phi) is 10.3. The minimum absolute atomic E-state index is 0.0641. The van der Waals surface area contributed by atoms with Gasteiger partial charge in [0.1, 0.15) is 11.4 Å². The van der Waals surface area contributed by atoms with E-state index in [1.807, 2.05) is 13.0 Å². The van der Waals surface area contributed by atoms with E-state index in [1.54, 1.807) is 42.5 Å². The lowest BCUT2D eigenvalue weighted by molar-refractivity contribution is -0.136. The van der Waals surface area contributed by atoms with Gasteiger partial charge in [-0.3, -0.25) is 18.7 Å². The van der Waals surface area contributed by atoms with Gasteiger partial charge < -0.3 is 19.9 Å². The molecule has 0 aliphatic carbocycles. The zero-order valence-corrected chi connectivity index (χ0v) is 22.3. The van der Waals surface area contributed by atoms with Crippen LogP contribution in [0.4, 0.5) is 5.82 Å². The van der Waals surface area contributed by atoms with Crippen molar-refractivity contribution < 1.29 is 23.8 Å². The molecule has 0 spiro atoms. The second-order valence-electron chi connectivity index (χ2n) is 8.68. The largest absolute Gasteiger partial charge is 0.490 e. The number of ether oxygens (including phenoxy) is 3. The molecule has 0 saturated carbocycles. The summed E-state index contributed by atoms with van der Waals surface area (Å²) >= 11 is 0. The number of nitrogens with zero attached hydrogens (tertiary/aromatic N) is 2. The third-order valence-corrected chi connectivity index (χ3v) is 5.83. The number of nitrogen functional groups attached to an aromatic ring is 1. The monoisotopic (exact) mass is 535 g/mol. The molecule has 0 unspecified atom stereocenters. The summed E-state index contributed by atoms with van der Waals surface area (Å²) in [5.41, 5.74) is 5.57. The van der Waals surface area contributed by atoms with Crippen molar-refractivity contribution in [3.63, 3.8) is 0 Å². The number of carbonyl (C=O) groups excluding carboxylic acids is 2. The molecule has 0 fully saturated rings. The lowest BCUT2D eigenvalue weighted by Gasteiger charge is -2.14. The number of benzene rings is 2. The summed E-state index contributed by atoms with van der Waals surface area (Å²) in [6.07, 6.45) is 4.60. The van der Waals surface area contributed by atoms with E-state index >= 15 is 0 Å². The van der Waals surface area contributed by atoms with E-state index in [4.69, 9.17) is 19.9 Å². The fourth-order valence-electron chi connectivity index (χ4n) is 3.73. The van der Waals surface area contributed by atoms with Gasteiger partial charge in [0.05, 0.1) is 19.8 Å². The van der Waals surface area contributed by atoms with Crippen LogP contribution in [0.15, 0.2) is 64.2 Å². The van der Waals surface area contributed by atoms with E-state index in [-0.39, 0.29) is 12.4 Å². The summed E-state index contributed by atoms with van der Waals surface area (Å²) in [4.78, 5) is 50.5. The maximum Gasteiger partial charge on any atom is 0.332 e. The van der Waals surface area contributed by atoms with Gasteiger partial charge in [-0.1, -0.05) is 49.7 Å². The molecule has 0 atom stereocenters. The second-order valence-corrected chi connectivity index (χ2v) is 8.68. The lowest BCUT2D eigenvalue weighted by atomic mass is 10.1. The van der Waals surface area contributed by atoms with Gasteiger partial charge in [-0.2, -0.15) is 0 Å². The molecule has 206 valence electrons. The van der Waals surface area contributed by atoms with Crippen molar-refractivity contribution in [1.82, 2.24) is 9.13 Å². The molecule has 10 heteroatoms. The molecule has 1 heterocycles. The van der Waals surface area contributed by atoms with Crippen molar-refractivity contribution in [3.05, 3.63) is 92.1 Å². The molecule has 3 rings (SSSR count). The number of Topliss-reactive ketones (excluding diaryl/α,β-unsaturated/α-hetero) is 1. The highest BCUT2D eigenvalue weighted by Crippen LogP contribution is 2.29. The Balaban J connectivity index is 1.71. The van der Waals surface area contributed by atoms with Gasteiger partial charge in [0.25, 0.3) is 5.56 Å². The molecule has 2 N–H and O–H groups in total. The van der Waals surface area contributed by atoms with E-state index < -0.39 is 35.2 Å². The summed E-state index contributed by atoms with van der Waals surface area (Å²) in [5, 5.41) is 0. The highest BCUT2D eigenvalue weighted by Gasteiger charge is 2.22. The van der Waals surface area contributed by atoms with Gasteiger partial charge >= 0.3 is 11.7 Å². The average Bonchev–Trinajstić information content (AvgIpc) is 2.94. The van der Waals surface area contributed by atoms with Crippen molar-refractivity contribution in [2.45, 2.75) is 33.2 Å². The number of nitrogens with two attached hydrogens (primary N) is 1. The average molecular weight is 536 g/mol. The number of aromatic nitrogens is 2. The Hall–Kier alpha value is -4.60. The molecule has 0 aliphatic heterocycles. The zero-order chi connectivity index (χ0) is 28.4. The van der Waals surface area contributed by atoms with Crippen molar-refractivity contribution in [2.75, 3.05) is 25.6 Å². The summed E-state index contributed by atoms with van der Waals surface area (Å²) in [5.74, 6) is -0.727. The maximum absolute atomic E-state index is 12.9. The Bertz CT molecular complexity index is 1460. The molecule has 0 saturated heterocycles. The molecule has 0 bridgehead atoms. The molecule has 39 heavy (non-hydrogen) atoms. The van der Waals surface area contributed by atoms with Gasteiger partial charge in [-0.25, -0.2) is 9.59 Å². The normalized spacial score (nSPS) is 10.9. The van der Waals surface area contributed by atoms with E-state index in [1.165, 1.54) is 13.1 Å². The van der Waals surface area contributed by atoms with Gasteiger partial charge in [0.15, 0.2) is 18.1 Å². The third kappa shape index (κ3) is 7.47. The number of hydrogen-bond donors (Lipinski definition) is 1. The highest BCUT2D eigenvalue weighted by molar-refractivity contribution is 6.02. The van der Waals surface area contributed by atoms with Crippen LogP contribution >= 0.6 is 0 Å². The van der Waals surface area contributed by atoms with Crippen molar-refractivity contribution >= 4 is 23.6 Å². The number of ketones is 1. The van der Waals surface area contributed by atoms with Crippen molar-refractivity contribution in [3.8, 4) is 11.5 Å². The molecule has 10 nitrogen and oxygen atoms in total. The van der Waals surface area contributed by atoms with Crippen LogP contribution in [0.25, 0.3) is 6.08 Å². The standard InChI is InChI=1S/C29H33N3O7/c1-4-6-16-38-23-14-12-20(17-24(23)37-5-2)13-15-25(34)39-19-22(33)26-27(30)32(29(36)31(3)28(26)35)18-21-10-8-7-9-11-21/h7-15,17H,4-6,16,18-19,30H2,1-3H3/b15-13+. The number of unbranched alkanes of at least 4 members (excludes halogenated alkanes) is 1. The fourth-order valence-corrected chi connectivity index (χ4v) is 3.73. The number of carbonyl (C=O) groups is 2. The topological polar surface area (TPSA) is 132 Å². The Morgan fingerprint density at radius 2 is 1.74 bits per heavy atom. The van der Waals surface area contributed by atoms with Crippen LogP contribution in [0.5, 0.6) is 11.5 Å². The number of rotatable bonds is 13. The van der Waals surface area contributed by atoms with Gasteiger partial charge in [-0.05, 0) is 42.7 Å². The molecule has 0 aliphatic rings.